The molecule has 17 heavy (non-hydrogen) atoms. The van der Waals surface area contributed by atoms with Gasteiger partial charge in [-0.2, -0.15) is 0 Å². The van der Waals surface area contributed by atoms with Crippen LogP contribution in [0.3, 0.4) is 0 Å². The fourth-order valence-electron chi connectivity index (χ4n) is 1.86. The maximum absolute atomic E-state index is 13.1. The van der Waals surface area contributed by atoms with Crippen LogP contribution in [0.25, 0.3) is 0 Å². The average molecular weight is 237 g/mol. The summed E-state index contributed by atoms with van der Waals surface area (Å²) in [6.07, 6.45) is 3.62. The molecule has 2 rings (SSSR count). The molecule has 1 aromatic carbocycles. The van der Waals surface area contributed by atoms with Crippen LogP contribution in [-0.2, 0) is 6.54 Å². The highest BCUT2D eigenvalue weighted by molar-refractivity contribution is 5.98. The zero-order chi connectivity index (χ0) is 12.3. The monoisotopic (exact) mass is 237 g/mol. The minimum absolute atomic E-state index is 0.0603. The van der Waals surface area contributed by atoms with E-state index < -0.39 is 0 Å². The van der Waals surface area contributed by atoms with Crippen molar-refractivity contribution in [1.29, 1.82) is 0 Å². The molecule has 1 saturated carbocycles. The van der Waals surface area contributed by atoms with Crippen molar-refractivity contribution < 1.29 is 9.60 Å². The Morgan fingerprint density at radius 1 is 1.53 bits per heavy atom. The number of rotatable bonds is 4. The third kappa shape index (κ3) is 2.74. The average Bonchev–Trinajstić information content (AvgIpc) is 2.27. The van der Waals surface area contributed by atoms with E-state index in [4.69, 9.17) is 10.9 Å². The number of amidine groups is 1. The van der Waals surface area contributed by atoms with Crippen LogP contribution in [0.2, 0.25) is 0 Å². The fraction of sp³-hybridized carbons (Fsp3) is 0.417. The van der Waals surface area contributed by atoms with Gasteiger partial charge in [-0.1, -0.05) is 17.6 Å². The Bertz CT molecular complexity index is 430. The van der Waals surface area contributed by atoms with Gasteiger partial charge in [-0.15, -0.1) is 0 Å². The number of oxime groups is 1. The molecule has 4 N–H and O–H groups in total. The van der Waals surface area contributed by atoms with Crippen LogP contribution in [0.1, 0.15) is 30.4 Å². The van der Waals surface area contributed by atoms with E-state index in [0.717, 1.165) is 5.56 Å². The van der Waals surface area contributed by atoms with Crippen molar-refractivity contribution in [2.45, 2.75) is 31.8 Å². The van der Waals surface area contributed by atoms with E-state index in [1.165, 1.54) is 31.4 Å². The van der Waals surface area contributed by atoms with Crippen LogP contribution in [0.15, 0.2) is 23.4 Å². The number of hydrogen-bond acceptors (Lipinski definition) is 3. The lowest BCUT2D eigenvalue weighted by Gasteiger charge is -2.27. The first-order chi connectivity index (χ1) is 8.20. The molecule has 0 bridgehead atoms. The maximum Gasteiger partial charge on any atom is 0.170 e. The van der Waals surface area contributed by atoms with Crippen molar-refractivity contribution in [2.24, 2.45) is 10.9 Å². The normalized spacial score (nSPS) is 16.9. The van der Waals surface area contributed by atoms with Crippen LogP contribution in [0.5, 0.6) is 0 Å². The molecule has 0 aliphatic heterocycles. The van der Waals surface area contributed by atoms with Crippen LogP contribution in [0.4, 0.5) is 4.39 Å². The molecule has 1 fully saturated rings. The van der Waals surface area contributed by atoms with E-state index in [1.54, 1.807) is 6.07 Å². The fourth-order valence-corrected chi connectivity index (χ4v) is 1.86. The zero-order valence-electron chi connectivity index (χ0n) is 9.49. The van der Waals surface area contributed by atoms with Crippen molar-refractivity contribution in [2.75, 3.05) is 0 Å². The van der Waals surface area contributed by atoms with Crippen molar-refractivity contribution in [3.63, 3.8) is 0 Å². The van der Waals surface area contributed by atoms with Gasteiger partial charge in [-0.05, 0) is 30.5 Å². The number of hydrogen-bond donors (Lipinski definition) is 3. The van der Waals surface area contributed by atoms with Gasteiger partial charge in [0.15, 0.2) is 5.84 Å². The van der Waals surface area contributed by atoms with Gasteiger partial charge >= 0.3 is 0 Å². The first-order valence-electron chi connectivity index (χ1n) is 5.70. The Morgan fingerprint density at radius 3 is 2.88 bits per heavy atom. The molecule has 0 heterocycles. The molecule has 0 atom stereocenters. The molecule has 0 spiro atoms. The minimum atomic E-state index is -0.390. The SMILES string of the molecule is NC(=NO)c1cc(F)ccc1CNC1CCC1. The molecule has 5 heteroatoms. The van der Waals surface area contributed by atoms with Gasteiger partial charge in [0.1, 0.15) is 5.82 Å². The Morgan fingerprint density at radius 2 is 2.29 bits per heavy atom. The van der Waals surface area contributed by atoms with Gasteiger partial charge < -0.3 is 16.3 Å². The summed E-state index contributed by atoms with van der Waals surface area (Å²) in [7, 11) is 0. The molecule has 92 valence electrons. The number of nitrogens with two attached hydrogens (primary N) is 1. The maximum atomic E-state index is 13.1. The van der Waals surface area contributed by atoms with Gasteiger partial charge in [0.2, 0.25) is 0 Å². The van der Waals surface area contributed by atoms with Crippen LogP contribution in [0, 0.1) is 5.82 Å². The molecule has 4 nitrogen and oxygen atoms in total. The van der Waals surface area contributed by atoms with Crippen molar-refractivity contribution in [3.8, 4) is 0 Å². The van der Waals surface area contributed by atoms with Crippen LogP contribution in [-0.4, -0.2) is 17.1 Å². The smallest absolute Gasteiger partial charge is 0.170 e. The highest BCUT2D eigenvalue weighted by Gasteiger charge is 2.17. The van der Waals surface area contributed by atoms with Gasteiger partial charge in [0.05, 0.1) is 0 Å². The molecular weight excluding hydrogens is 221 g/mol. The third-order valence-electron chi connectivity index (χ3n) is 3.14. The molecule has 0 aromatic heterocycles. The minimum Gasteiger partial charge on any atom is -0.409 e. The predicted molar refractivity (Wildman–Crippen MR) is 63.4 cm³/mol. The summed E-state index contributed by atoms with van der Waals surface area (Å²) in [6.45, 7) is 0.608. The highest BCUT2D eigenvalue weighted by atomic mass is 19.1. The van der Waals surface area contributed by atoms with Crippen molar-refractivity contribution in [1.82, 2.24) is 5.32 Å². The Hall–Kier alpha value is -1.62. The molecule has 0 amide bonds. The second kappa shape index (κ2) is 5.14. The summed E-state index contributed by atoms with van der Waals surface area (Å²) in [5.74, 6) is -0.450. The second-order valence-corrected chi connectivity index (χ2v) is 4.30. The first-order valence-corrected chi connectivity index (χ1v) is 5.70. The van der Waals surface area contributed by atoms with E-state index in [2.05, 4.69) is 10.5 Å². The van der Waals surface area contributed by atoms with Crippen molar-refractivity contribution in [3.05, 3.63) is 35.1 Å². The van der Waals surface area contributed by atoms with Gasteiger partial charge in [-0.25, -0.2) is 4.39 Å². The molecule has 1 aliphatic carbocycles. The van der Waals surface area contributed by atoms with Gasteiger partial charge in [0, 0.05) is 18.2 Å². The predicted octanol–water partition coefficient (Wildman–Crippen LogP) is 1.56. The molecule has 1 aliphatic rings. The summed E-state index contributed by atoms with van der Waals surface area (Å²) in [5, 5.41) is 14.9. The lowest BCUT2D eigenvalue weighted by molar-refractivity contribution is 0.318. The third-order valence-corrected chi connectivity index (χ3v) is 3.14. The first kappa shape index (κ1) is 11.9. The molecule has 0 radical (unpaired) electrons. The largest absolute Gasteiger partial charge is 0.409 e. The topological polar surface area (TPSA) is 70.6 Å². The quantitative estimate of drug-likeness (QED) is 0.322. The lowest BCUT2D eigenvalue weighted by atomic mass is 9.93. The summed E-state index contributed by atoms with van der Waals surface area (Å²) >= 11 is 0. The van der Waals surface area contributed by atoms with E-state index in [9.17, 15) is 4.39 Å². The molecule has 0 saturated heterocycles. The van der Waals surface area contributed by atoms with E-state index in [-0.39, 0.29) is 11.7 Å². The van der Waals surface area contributed by atoms with Gasteiger partial charge in [0.25, 0.3) is 0 Å². The highest BCUT2D eigenvalue weighted by Crippen LogP contribution is 2.19. The standard InChI is InChI=1S/C12H16FN3O/c13-9-5-4-8(7-15-10-2-1-3-10)11(6-9)12(14)16-17/h4-6,10,15,17H,1-3,7H2,(H2,14,16). The Labute approximate surface area is 99.3 Å². The number of benzene rings is 1. The second-order valence-electron chi connectivity index (χ2n) is 4.30. The summed E-state index contributed by atoms with van der Waals surface area (Å²) in [4.78, 5) is 0. The Balaban J connectivity index is 2.13. The summed E-state index contributed by atoms with van der Waals surface area (Å²) in [6, 6.07) is 4.87. The zero-order valence-corrected chi connectivity index (χ0v) is 9.49. The lowest BCUT2D eigenvalue weighted by Crippen LogP contribution is -2.35. The van der Waals surface area contributed by atoms with Gasteiger partial charge in [-0.3, -0.25) is 0 Å². The molecular formula is C12H16FN3O. The van der Waals surface area contributed by atoms with E-state index >= 15 is 0 Å². The van der Waals surface area contributed by atoms with E-state index in [0.29, 0.717) is 18.2 Å². The number of nitrogens with one attached hydrogen (secondary N) is 1. The molecule has 1 aromatic rings. The van der Waals surface area contributed by atoms with Crippen LogP contribution >= 0.6 is 0 Å². The summed E-state index contributed by atoms with van der Waals surface area (Å²) in [5.41, 5.74) is 6.81. The number of nitrogens with zero attached hydrogens (tertiary/aromatic N) is 1. The van der Waals surface area contributed by atoms with Crippen LogP contribution < -0.4 is 11.1 Å². The molecule has 0 unspecified atom stereocenters. The Kier molecular flexibility index (Phi) is 3.58. The summed E-state index contributed by atoms with van der Waals surface area (Å²) < 4.78 is 13.1. The van der Waals surface area contributed by atoms with E-state index in [1.807, 2.05) is 0 Å². The number of halogens is 1. The van der Waals surface area contributed by atoms with Crippen molar-refractivity contribution >= 4 is 5.84 Å².